The van der Waals surface area contributed by atoms with Crippen LogP contribution in [0.3, 0.4) is 0 Å². The zero-order chi connectivity index (χ0) is 10.8. The van der Waals surface area contributed by atoms with Gasteiger partial charge in [-0.2, -0.15) is 13.2 Å². The number of halogens is 4. The van der Waals surface area contributed by atoms with Crippen LogP contribution in [0.4, 0.5) is 17.6 Å². The molecule has 0 aromatic rings. The molecule has 1 aliphatic rings. The van der Waals surface area contributed by atoms with Crippen molar-refractivity contribution in [2.45, 2.75) is 12.0 Å². The van der Waals surface area contributed by atoms with Gasteiger partial charge in [-0.3, -0.25) is 4.90 Å². The number of hydrogen-bond acceptors (Lipinski definition) is 3. The minimum atomic E-state index is -4.95. The normalized spacial score (nSPS) is 30.6. The summed E-state index contributed by atoms with van der Waals surface area (Å²) in [4.78, 5) is 1.39. The van der Waals surface area contributed by atoms with Crippen LogP contribution >= 0.6 is 11.8 Å². The fourth-order valence-corrected chi connectivity index (χ4v) is 1.80. The number of hydrogen-bond donors (Lipinski definition) is 0. The molecular formula is C7H11F4NOS. The van der Waals surface area contributed by atoms with Crippen LogP contribution in [-0.4, -0.2) is 48.8 Å². The molecule has 0 amide bonds. The summed E-state index contributed by atoms with van der Waals surface area (Å²) in [7, 11) is 0. The highest BCUT2D eigenvalue weighted by atomic mass is 32.2. The first-order valence-corrected chi connectivity index (χ1v) is 5.39. The molecule has 1 atom stereocenters. The van der Waals surface area contributed by atoms with Crippen LogP contribution in [0.25, 0.3) is 0 Å². The summed E-state index contributed by atoms with van der Waals surface area (Å²) in [6.07, 6.45) is -3.20. The van der Waals surface area contributed by atoms with Gasteiger partial charge in [0, 0.05) is 12.4 Å². The number of alkyl halides is 4. The van der Waals surface area contributed by atoms with E-state index >= 15 is 0 Å². The molecule has 0 spiro atoms. The van der Waals surface area contributed by atoms with E-state index in [1.807, 2.05) is 0 Å². The van der Waals surface area contributed by atoms with Gasteiger partial charge in [0.25, 0.3) is 0 Å². The highest BCUT2D eigenvalue weighted by Gasteiger charge is 2.59. The number of nitrogens with zero attached hydrogens (tertiary/aromatic N) is 1. The molecule has 1 fully saturated rings. The minimum absolute atomic E-state index is 0.226. The van der Waals surface area contributed by atoms with Gasteiger partial charge < -0.3 is 4.74 Å². The van der Waals surface area contributed by atoms with Gasteiger partial charge in [-0.1, -0.05) is 0 Å². The molecular weight excluding hydrogens is 222 g/mol. The van der Waals surface area contributed by atoms with Gasteiger partial charge in [-0.15, -0.1) is 11.8 Å². The second kappa shape index (κ2) is 4.24. The van der Waals surface area contributed by atoms with Crippen molar-refractivity contribution in [1.82, 2.24) is 4.90 Å². The van der Waals surface area contributed by atoms with Gasteiger partial charge in [-0.05, 0) is 6.26 Å². The van der Waals surface area contributed by atoms with E-state index in [2.05, 4.69) is 4.74 Å². The highest BCUT2D eigenvalue weighted by Crippen LogP contribution is 2.37. The summed E-state index contributed by atoms with van der Waals surface area (Å²) >= 11 is 1.36. The first-order valence-electron chi connectivity index (χ1n) is 4.00. The molecule has 0 aromatic heterocycles. The average Bonchev–Trinajstić information content (AvgIpc) is 2.03. The molecule has 84 valence electrons. The number of morpholine rings is 1. The van der Waals surface area contributed by atoms with Gasteiger partial charge >= 0.3 is 12.0 Å². The highest BCUT2D eigenvalue weighted by molar-refractivity contribution is 7.98. The maximum absolute atomic E-state index is 13.3. The lowest BCUT2D eigenvalue weighted by molar-refractivity contribution is -0.348. The van der Waals surface area contributed by atoms with E-state index in [0.717, 1.165) is 0 Å². The van der Waals surface area contributed by atoms with Crippen molar-refractivity contribution in [2.75, 3.05) is 31.8 Å². The van der Waals surface area contributed by atoms with E-state index in [-0.39, 0.29) is 6.61 Å². The van der Waals surface area contributed by atoms with Crippen molar-refractivity contribution in [3.63, 3.8) is 0 Å². The van der Waals surface area contributed by atoms with Gasteiger partial charge in [-0.25, -0.2) is 4.39 Å². The Bertz CT molecular complexity index is 199. The van der Waals surface area contributed by atoms with Crippen LogP contribution in [0, 0.1) is 0 Å². The van der Waals surface area contributed by atoms with Gasteiger partial charge in [0.05, 0.1) is 13.2 Å². The van der Waals surface area contributed by atoms with Crippen molar-refractivity contribution in [2.24, 2.45) is 0 Å². The predicted octanol–water partition coefficient (Wildman–Crippen LogP) is 1.87. The second-order valence-corrected chi connectivity index (χ2v) is 3.88. The van der Waals surface area contributed by atoms with Crippen LogP contribution < -0.4 is 0 Å². The molecule has 0 radical (unpaired) electrons. The van der Waals surface area contributed by atoms with Crippen molar-refractivity contribution in [1.29, 1.82) is 0 Å². The zero-order valence-corrected chi connectivity index (χ0v) is 8.42. The summed E-state index contributed by atoms with van der Waals surface area (Å²) < 4.78 is 54.0. The van der Waals surface area contributed by atoms with Gasteiger partial charge in [0.1, 0.15) is 0 Å². The summed E-state index contributed by atoms with van der Waals surface area (Å²) in [5, 5.41) is 0. The topological polar surface area (TPSA) is 12.5 Å². The van der Waals surface area contributed by atoms with Crippen LogP contribution in [0.15, 0.2) is 0 Å². The fraction of sp³-hybridized carbons (Fsp3) is 1.00. The Morgan fingerprint density at radius 1 is 1.50 bits per heavy atom. The van der Waals surface area contributed by atoms with E-state index in [1.54, 1.807) is 6.26 Å². The first-order chi connectivity index (χ1) is 6.39. The van der Waals surface area contributed by atoms with Crippen molar-refractivity contribution in [3.05, 3.63) is 0 Å². The van der Waals surface area contributed by atoms with E-state index in [0.29, 0.717) is 12.4 Å². The number of rotatable bonds is 2. The molecule has 0 bridgehead atoms. The molecule has 1 unspecified atom stereocenters. The van der Waals surface area contributed by atoms with Crippen molar-refractivity contribution in [3.8, 4) is 0 Å². The molecule has 0 N–H and O–H groups in total. The Morgan fingerprint density at radius 2 is 2.14 bits per heavy atom. The lowest BCUT2D eigenvalue weighted by Gasteiger charge is -2.37. The van der Waals surface area contributed by atoms with E-state index in [9.17, 15) is 17.6 Å². The molecule has 0 aromatic carbocycles. The lowest BCUT2D eigenvalue weighted by atomic mass is 10.2. The summed E-state index contributed by atoms with van der Waals surface area (Å²) in [5.74, 6) is -3.12. The Balaban J connectivity index is 2.62. The molecule has 14 heavy (non-hydrogen) atoms. The zero-order valence-electron chi connectivity index (χ0n) is 7.60. The maximum Gasteiger partial charge on any atom is 0.449 e. The quantitative estimate of drug-likeness (QED) is 0.675. The fourth-order valence-electron chi connectivity index (χ4n) is 1.21. The first kappa shape index (κ1) is 12.1. The third-order valence-corrected chi connectivity index (χ3v) is 2.52. The second-order valence-electron chi connectivity index (χ2n) is 3.04. The molecule has 1 aliphatic heterocycles. The standard InChI is InChI=1S/C7H11F4NOS/c1-14-5-12-2-3-13-6(8,4-12)7(9,10)11/h2-5H2,1H3. The van der Waals surface area contributed by atoms with Crippen LogP contribution in [-0.2, 0) is 4.74 Å². The number of thioether (sulfide) groups is 1. The largest absolute Gasteiger partial charge is 0.449 e. The third-order valence-electron chi connectivity index (χ3n) is 1.90. The van der Waals surface area contributed by atoms with E-state index in [1.165, 1.54) is 16.7 Å². The van der Waals surface area contributed by atoms with Gasteiger partial charge in [0.2, 0.25) is 0 Å². The van der Waals surface area contributed by atoms with E-state index in [4.69, 9.17) is 0 Å². The predicted molar refractivity (Wildman–Crippen MR) is 45.8 cm³/mol. The maximum atomic E-state index is 13.3. The van der Waals surface area contributed by atoms with Crippen LogP contribution in [0.2, 0.25) is 0 Å². The molecule has 1 saturated heterocycles. The Morgan fingerprint density at radius 3 is 2.64 bits per heavy atom. The minimum Gasteiger partial charge on any atom is -0.337 e. The molecule has 1 heterocycles. The molecule has 7 heteroatoms. The Kier molecular flexibility index (Phi) is 3.65. The van der Waals surface area contributed by atoms with Crippen molar-refractivity contribution < 1.29 is 22.3 Å². The number of ether oxygens (including phenoxy) is 1. The van der Waals surface area contributed by atoms with Crippen molar-refractivity contribution >= 4 is 11.8 Å². The lowest BCUT2D eigenvalue weighted by Crippen LogP contribution is -2.56. The summed E-state index contributed by atoms with van der Waals surface area (Å²) in [6.45, 7) is -0.628. The van der Waals surface area contributed by atoms with Crippen LogP contribution in [0.1, 0.15) is 0 Å². The Hall–Kier alpha value is -0.0100. The van der Waals surface area contributed by atoms with Gasteiger partial charge in [0.15, 0.2) is 0 Å². The third kappa shape index (κ3) is 2.52. The van der Waals surface area contributed by atoms with E-state index < -0.39 is 18.6 Å². The van der Waals surface area contributed by atoms with Crippen LogP contribution in [0.5, 0.6) is 0 Å². The SMILES string of the molecule is CSCN1CCOC(F)(C(F)(F)F)C1. The summed E-state index contributed by atoms with van der Waals surface area (Å²) in [6, 6.07) is 0. The average molecular weight is 233 g/mol. The molecule has 1 rings (SSSR count). The molecule has 0 aliphatic carbocycles. The molecule has 2 nitrogen and oxygen atoms in total. The monoisotopic (exact) mass is 233 g/mol. The Labute approximate surface area is 83.6 Å². The molecule has 0 saturated carbocycles. The summed E-state index contributed by atoms with van der Waals surface area (Å²) in [5.41, 5.74) is 0. The smallest absolute Gasteiger partial charge is 0.337 e.